The minimum absolute atomic E-state index is 0.623. The summed E-state index contributed by atoms with van der Waals surface area (Å²) >= 11 is 0. The minimum atomic E-state index is -1.51. The van der Waals surface area contributed by atoms with Crippen molar-refractivity contribution in [1.82, 2.24) is 5.32 Å². The Bertz CT molecular complexity index is 414. The fourth-order valence-electron chi connectivity index (χ4n) is 3.50. The normalized spacial score (nSPS) is 49.1. The van der Waals surface area contributed by atoms with Crippen LogP contribution in [0, 0.1) is 5.92 Å². The zero-order valence-electron chi connectivity index (χ0n) is 13.5. The maximum Gasteiger partial charge on any atom is 0.184 e. The molecular weight excluding hydrogens is 326 g/mol. The van der Waals surface area contributed by atoms with Crippen LogP contribution in [0.2, 0.25) is 0 Å². The van der Waals surface area contributed by atoms with E-state index < -0.39 is 73.6 Å². The average molecular weight is 353 g/mol. The van der Waals surface area contributed by atoms with Crippen molar-refractivity contribution in [2.45, 2.75) is 68.0 Å². The van der Waals surface area contributed by atoms with Gasteiger partial charge in [-0.3, -0.25) is 0 Å². The topological polar surface area (TPSA) is 172 Å². The molecule has 0 aromatic heterocycles. The largest absolute Gasteiger partial charge is 0.394 e. The highest BCUT2D eigenvalue weighted by molar-refractivity contribution is 5.05. The first-order valence-corrected chi connectivity index (χ1v) is 7.88. The van der Waals surface area contributed by atoms with Crippen molar-refractivity contribution in [2.75, 3.05) is 13.7 Å². The van der Waals surface area contributed by atoms with E-state index in [0.29, 0.717) is 0 Å². The second-order valence-corrected chi connectivity index (χ2v) is 6.47. The molecular formula is C14H27NO9. The first-order chi connectivity index (χ1) is 11.2. The van der Waals surface area contributed by atoms with E-state index >= 15 is 0 Å². The van der Waals surface area contributed by atoms with Gasteiger partial charge in [-0.15, -0.1) is 0 Å². The van der Waals surface area contributed by atoms with Crippen LogP contribution in [0.5, 0.6) is 0 Å². The molecule has 24 heavy (non-hydrogen) atoms. The lowest BCUT2D eigenvalue weighted by Gasteiger charge is -2.44. The fraction of sp³-hybridized carbons (Fsp3) is 1.00. The summed E-state index contributed by atoms with van der Waals surface area (Å²) in [5.41, 5.74) is 0. The van der Waals surface area contributed by atoms with E-state index in [4.69, 9.17) is 14.6 Å². The van der Waals surface area contributed by atoms with Gasteiger partial charge in [0.15, 0.2) is 6.29 Å². The molecule has 2 fully saturated rings. The Morgan fingerprint density at radius 1 is 1.04 bits per heavy atom. The number of nitrogens with one attached hydrogen (secondary N) is 1. The third kappa shape index (κ3) is 3.44. The number of piperidine rings is 1. The van der Waals surface area contributed by atoms with E-state index in [-0.39, 0.29) is 0 Å². The Hall–Kier alpha value is -0.400. The van der Waals surface area contributed by atoms with Crippen LogP contribution in [-0.4, -0.2) is 111 Å². The number of methoxy groups -OCH3 is 1. The molecule has 10 heteroatoms. The highest BCUT2D eigenvalue weighted by atomic mass is 16.7. The predicted octanol–water partition coefficient (Wildman–Crippen LogP) is -4.51. The van der Waals surface area contributed by atoms with Gasteiger partial charge in [0.05, 0.1) is 31.0 Å². The first-order valence-electron chi connectivity index (χ1n) is 7.88. The van der Waals surface area contributed by atoms with Crippen LogP contribution in [0.25, 0.3) is 0 Å². The van der Waals surface area contributed by atoms with Crippen LogP contribution < -0.4 is 5.32 Å². The Balaban J connectivity index is 2.23. The van der Waals surface area contributed by atoms with Crippen molar-refractivity contribution in [3.63, 3.8) is 0 Å². The van der Waals surface area contributed by atoms with Gasteiger partial charge in [0, 0.05) is 19.1 Å². The van der Waals surface area contributed by atoms with Crippen molar-refractivity contribution >= 4 is 0 Å². The van der Waals surface area contributed by atoms with E-state index in [2.05, 4.69) is 5.32 Å². The Morgan fingerprint density at radius 2 is 1.67 bits per heavy atom. The molecule has 2 aliphatic rings. The molecule has 142 valence electrons. The summed E-state index contributed by atoms with van der Waals surface area (Å²) in [6.07, 6.45) is -10.6. The van der Waals surface area contributed by atoms with Gasteiger partial charge in [0.2, 0.25) is 0 Å². The lowest BCUT2D eigenvalue weighted by molar-refractivity contribution is -0.167. The minimum Gasteiger partial charge on any atom is -0.394 e. The average Bonchev–Trinajstić information content (AvgIpc) is 2.91. The Kier molecular flexibility index (Phi) is 6.53. The number of hydrogen-bond acceptors (Lipinski definition) is 10. The smallest absolute Gasteiger partial charge is 0.184 e. The Morgan fingerprint density at radius 3 is 2.21 bits per heavy atom. The highest BCUT2D eigenvalue weighted by Gasteiger charge is 2.54. The predicted molar refractivity (Wildman–Crippen MR) is 78.7 cm³/mol. The van der Waals surface area contributed by atoms with Gasteiger partial charge in [-0.25, -0.2) is 0 Å². The third-order valence-corrected chi connectivity index (χ3v) is 4.94. The highest BCUT2D eigenvalue weighted by Crippen LogP contribution is 2.35. The zero-order valence-corrected chi connectivity index (χ0v) is 13.5. The fourth-order valence-corrected chi connectivity index (χ4v) is 3.50. The van der Waals surface area contributed by atoms with Crippen LogP contribution in [0.15, 0.2) is 0 Å². The van der Waals surface area contributed by atoms with E-state index in [1.807, 2.05) is 0 Å². The third-order valence-electron chi connectivity index (χ3n) is 4.94. The van der Waals surface area contributed by atoms with Gasteiger partial charge < -0.3 is 50.5 Å². The first kappa shape index (κ1) is 19.9. The van der Waals surface area contributed by atoms with Gasteiger partial charge >= 0.3 is 0 Å². The van der Waals surface area contributed by atoms with E-state index in [1.54, 1.807) is 6.92 Å². The van der Waals surface area contributed by atoms with E-state index in [1.165, 1.54) is 7.11 Å². The summed E-state index contributed by atoms with van der Waals surface area (Å²) in [5.74, 6) is -1.10. The van der Waals surface area contributed by atoms with Crippen LogP contribution in [0.4, 0.5) is 0 Å². The molecule has 0 amide bonds. The molecule has 2 aliphatic heterocycles. The van der Waals surface area contributed by atoms with Crippen LogP contribution >= 0.6 is 0 Å². The van der Waals surface area contributed by atoms with Crippen molar-refractivity contribution in [2.24, 2.45) is 5.92 Å². The van der Waals surface area contributed by atoms with Gasteiger partial charge in [-0.1, -0.05) is 0 Å². The van der Waals surface area contributed by atoms with E-state index in [9.17, 15) is 30.6 Å². The molecule has 8 N–H and O–H groups in total. The van der Waals surface area contributed by atoms with Crippen molar-refractivity contribution in [3.8, 4) is 0 Å². The van der Waals surface area contributed by atoms with Gasteiger partial charge in [-0.05, 0) is 6.92 Å². The summed E-state index contributed by atoms with van der Waals surface area (Å²) in [5, 5.41) is 72.6. The number of aliphatic hydroxyl groups excluding tert-OH is 7. The maximum atomic E-state index is 10.7. The summed E-state index contributed by atoms with van der Waals surface area (Å²) in [7, 11) is 1.28. The van der Waals surface area contributed by atoms with Crippen molar-refractivity contribution in [1.29, 1.82) is 0 Å². The molecule has 0 aliphatic carbocycles. The second-order valence-electron chi connectivity index (χ2n) is 6.47. The van der Waals surface area contributed by atoms with Gasteiger partial charge in [0.25, 0.3) is 0 Å². The molecule has 2 heterocycles. The molecule has 0 aromatic carbocycles. The molecule has 0 saturated carbocycles. The summed E-state index contributed by atoms with van der Waals surface area (Å²) < 4.78 is 10.3. The number of aliphatic hydroxyl groups is 7. The van der Waals surface area contributed by atoms with Crippen LogP contribution in [-0.2, 0) is 9.47 Å². The lowest BCUT2D eigenvalue weighted by atomic mass is 9.79. The monoisotopic (exact) mass is 353 g/mol. The molecule has 11 atom stereocenters. The van der Waals surface area contributed by atoms with Crippen molar-refractivity contribution in [3.05, 3.63) is 0 Å². The molecule has 0 spiro atoms. The zero-order chi connectivity index (χ0) is 18.2. The standard InChI is InChI=1S/C14H27NO9/c1-4-8(18)12(22)11(21)7(15-4)9(19)6-10(20)14(23-2)24-13(6)5(17)3-16/h4-22H,3H2,1-2H3/t4-,5-,6+,7+,8+,9-,10+,11+,12+,13-,14-/m1/s1. The van der Waals surface area contributed by atoms with Crippen LogP contribution in [0.3, 0.4) is 0 Å². The van der Waals surface area contributed by atoms with Gasteiger partial charge in [-0.2, -0.15) is 0 Å². The molecule has 0 unspecified atom stereocenters. The van der Waals surface area contributed by atoms with Gasteiger partial charge in [0.1, 0.15) is 24.4 Å². The molecule has 0 aromatic rings. The molecule has 2 saturated heterocycles. The molecule has 0 radical (unpaired) electrons. The Labute approximate surface area is 139 Å². The second kappa shape index (κ2) is 7.87. The molecule has 10 nitrogen and oxygen atoms in total. The maximum absolute atomic E-state index is 10.7. The van der Waals surface area contributed by atoms with Crippen molar-refractivity contribution < 1.29 is 45.2 Å². The number of ether oxygens (including phenoxy) is 2. The molecule has 2 rings (SSSR count). The van der Waals surface area contributed by atoms with Crippen LogP contribution in [0.1, 0.15) is 6.92 Å². The summed E-state index contributed by atoms with van der Waals surface area (Å²) in [4.78, 5) is 0. The number of hydrogen-bond donors (Lipinski definition) is 8. The van der Waals surface area contributed by atoms with E-state index in [0.717, 1.165) is 0 Å². The molecule has 0 bridgehead atoms. The quantitative estimate of drug-likeness (QED) is 0.241. The SMILES string of the molecule is CO[C@@H]1O[C@H]([C@H](O)CO)[C@@H]([C@@H](O)[C@@H]2N[C@H](C)[C@H](O)[C@H](O)[C@H]2O)[C@@H]1O. The summed E-state index contributed by atoms with van der Waals surface area (Å²) in [6, 6.07) is -1.72. The lowest BCUT2D eigenvalue weighted by Crippen LogP contribution is -2.69. The number of rotatable bonds is 5. The summed E-state index contributed by atoms with van der Waals surface area (Å²) in [6.45, 7) is 0.911.